The molecule has 0 N–H and O–H groups in total. The monoisotopic (exact) mass is 544 g/mol. The van der Waals surface area contributed by atoms with Gasteiger partial charge in [-0.1, -0.05) is 47.8 Å². The van der Waals surface area contributed by atoms with Crippen molar-refractivity contribution in [1.82, 2.24) is 29.1 Å². The lowest BCUT2D eigenvalue weighted by atomic mass is 10.2. The molecule has 0 radical (unpaired) electrons. The number of alkyl halides is 3. The van der Waals surface area contributed by atoms with Gasteiger partial charge in [0.05, 0.1) is 16.5 Å². The summed E-state index contributed by atoms with van der Waals surface area (Å²) in [5.74, 6) is 0.848. The normalized spacial score (nSPS) is 11.9. The van der Waals surface area contributed by atoms with E-state index in [-0.39, 0.29) is 18.2 Å². The van der Waals surface area contributed by atoms with Gasteiger partial charge in [0, 0.05) is 23.6 Å². The summed E-state index contributed by atoms with van der Waals surface area (Å²) in [6, 6.07) is 11.3. The molecule has 35 heavy (non-hydrogen) atoms. The fourth-order valence-electron chi connectivity index (χ4n) is 3.49. The number of aromatic nitrogens is 6. The average Bonchev–Trinajstić information content (AvgIpc) is 3.33. The van der Waals surface area contributed by atoms with Gasteiger partial charge in [0.15, 0.2) is 11.6 Å². The average molecular weight is 546 g/mol. The van der Waals surface area contributed by atoms with Crippen molar-refractivity contribution in [3.63, 3.8) is 0 Å². The standard InChI is InChI=1S/C22H18Cl3F3N6O/c1-2-18-29-17(30-34(18)19-15(24)4-3-5-16(19)25)12-33-21(35)32(11-10-22(26,27)28)20(31-33)13-6-8-14(23)9-7-13/h3-9H,2,10-12H2,1H3. The zero-order valence-electron chi connectivity index (χ0n) is 18.2. The molecule has 0 unspecified atom stereocenters. The smallest absolute Gasteiger partial charge is 0.275 e. The first-order valence-electron chi connectivity index (χ1n) is 10.5. The number of nitrogens with zero attached hydrogens (tertiary/aromatic N) is 6. The molecule has 13 heteroatoms. The van der Waals surface area contributed by atoms with Crippen molar-refractivity contribution in [1.29, 1.82) is 0 Å². The minimum Gasteiger partial charge on any atom is -0.275 e. The van der Waals surface area contributed by atoms with Crippen LogP contribution < -0.4 is 5.69 Å². The van der Waals surface area contributed by atoms with Gasteiger partial charge < -0.3 is 0 Å². The Hall–Kier alpha value is -2.82. The second-order valence-electron chi connectivity index (χ2n) is 7.57. The summed E-state index contributed by atoms with van der Waals surface area (Å²) in [5.41, 5.74) is 0.170. The van der Waals surface area contributed by atoms with Crippen LogP contribution in [0.25, 0.3) is 17.1 Å². The predicted molar refractivity (Wildman–Crippen MR) is 127 cm³/mol. The highest BCUT2D eigenvalue weighted by atomic mass is 35.5. The van der Waals surface area contributed by atoms with Gasteiger partial charge in [0.25, 0.3) is 0 Å². The summed E-state index contributed by atoms with van der Waals surface area (Å²) < 4.78 is 42.3. The lowest BCUT2D eigenvalue weighted by Gasteiger charge is -2.08. The van der Waals surface area contributed by atoms with Crippen LogP contribution in [0.5, 0.6) is 0 Å². The van der Waals surface area contributed by atoms with Gasteiger partial charge in [-0.25, -0.2) is 19.1 Å². The van der Waals surface area contributed by atoms with Crippen LogP contribution in [0.15, 0.2) is 47.3 Å². The van der Waals surface area contributed by atoms with Crippen LogP contribution in [-0.2, 0) is 19.5 Å². The van der Waals surface area contributed by atoms with E-state index in [0.29, 0.717) is 38.6 Å². The number of para-hydroxylation sites is 1. The largest absolute Gasteiger partial charge is 0.390 e. The number of hydrogen-bond donors (Lipinski definition) is 0. The lowest BCUT2D eigenvalue weighted by molar-refractivity contribution is -0.136. The van der Waals surface area contributed by atoms with Crippen LogP contribution in [0.2, 0.25) is 15.1 Å². The first-order chi connectivity index (χ1) is 16.6. The number of benzene rings is 2. The topological polar surface area (TPSA) is 70.5 Å². The minimum absolute atomic E-state index is 0.0835. The molecule has 2 heterocycles. The molecule has 0 aliphatic rings. The molecule has 4 rings (SSSR count). The van der Waals surface area contributed by atoms with Crippen LogP contribution in [0.4, 0.5) is 13.2 Å². The Labute approximate surface area is 212 Å². The molecule has 0 saturated heterocycles. The molecule has 0 saturated carbocycles. The van der Waals surface area contributed by atoms with E-state index in [0.717, 1.165) is 9.25 Å². The molecular formula is C22H18Cl3F3N6O. The van der Waals surface area contributed by atoms with Crippen molar-refractivity contribution in [2.24, 2.45) is 0 Å². The highest BCUT2D eigenvalue weighted by molar-refractivity contribution is 6.37. The lowest BCUT2D eigenvalue weighted by Crippen LogP contribution is -2.27. The highest BCUT2D eigenvalue weighted by Gasteiger charge is 2.28. The molecule has 184 valence electrons. The second kappa shape index (κ2) is 10.0. The predicted octanol–water partition coefficient (Wildman–Crippen LogP) is 5.82. The van der Waals surface area contributed by atoms with E-state index in [2.05, 4.69) is 15.2 Å². The van der Waals surface area contributed by atoms with Crippen LogP contribution in [-0.4, -0.2) is 35.3 Å². The zero-order chi connectivity index (χ0) is 25.3. The number of halogens is 6. The van der Waals surface area contributed by atoms with Gasteiger partial charge in [-0.15, -0.1) is 10.2 Å². The van der Waals surface area contributed by atoms with Crippen LogP contribution >= 0.6 is 34.8 Å². The summed E-state index contributed by atoms with van der Waals surface area (Å²) >= 11 is 18.6. The third-order valence-electron chi connectivity index (χ3n) is 5.12. The Morgan fingerprint density at radius 2 is 1.63 bits per heavy atom. The maximum absolute atomic E-state index is 13.1. The molecular weight excluding hydrogens is 528 g/mol. The maximum Gasteiger partial charge on any atom is 0.390 e. The number of rotatable bonds is 7. The number of hydrogen-bond acceptors (Lipinski definition) is 4. The molecule has 2 aromatic carbocycles. The van der Waals surface area contributed by atoms with Crippen molar-refractivity contribution in [2.45, 2.75) is 39.0 Å². The summed E-state index contributed by atoms with van der Waals surface area (Å²) in [6.45, 7) is 1.11. The van der Waals surface area contributed by atoms with Gasteiger partial charge in [-0.2, -0.15) is 13.2 Å². The Bertz CT molecular complexity index is 1390. The molecule has 0 fully saturated rings. The van der Waals surface area contributed by atoms with Crippen molar-refractivity contribution in [3.8, 4) is 17.1 Å². The van der Waals surface area contributed by atoms with E-state index in [1.165, 1.54) is 4.68 Å². The molecule has 2 aromatic heterocycles. The number of aryl methyl sites for hydroxylation is 1. The fraction of sp³-hybridized carbons (Fsp3) is 0.273. The quantitative estimate of drug-likeness (QED) is 0.294. The van der Waals surface area contributed by atoms with Gasteiger partial charge in [-0.05, 0) is 36.4 Å². The van der Waals surface area contributed by atoms with Crippen LogP contribution in [0.1, 0.15) is 25.0 Å². The van der Waals surface area contributed by atoms with Gasteiger partial charge in [-0.3, -0.25) is 4.57 Å². The second-order valence-corrected chi connectivity index (χ2v) is 8.82. The van der Waals surface area contributed by atoms with E-state index < -0.39 is 24.8 Å². The maximum atomic E-state index is 13.1. The Morgan fingerprint density at radius 3 is 2.23 bits per heavy atom. The van der Waals surface area contributed by atoms with Crippen molar-refractivity contribution < 1.29 is 13.2 Å². The van der Waals surface area contributed by atoms with Crippen molar-refractivity contribution in [2.75, 3.05) is 0 Å². The molecule has 0 aliphatic heterocycles. The Balaban J connectivity index is 1.75. The molecule has 0 aliphatic carbocycles. The molecule has 0 amide bonds. The van der Waals surface area contributed by atoms with E-state index in [1.807, 2.05) is 6.92 Å². The Morgan fingerprint density at radius 1 is 0.971 bits per heavy atom. The molecule has 0 bridgehead atoms. The molecule has 4 aromatic rings. The van der Waals surface area contributed by atoms with Crippen molar-refractivity contribution in [3.05, 3.63) is 79.7 Å². The molecule has 0 atom stereocenters. The van der Waals surface area contributed by atoms with Gasteiger partial charge >= 0.3 is 11.9 Å². The molecule has 0 spiro atoms. The first-order valence-corrected chi connectivity index (χ1v) is 11.6. The van der Waals surface area contributed by atoms with Gasteiger partial charge in [0.2, 0.25) is 0 Å². The van der Waals surface area contributed by atoms with E-state index in [9.17, 15) is 18.0 Å². The minimum atomic E-state index is -4.44. The summed E-state index contributed by atoms with van der Waals surface area (Å²) in [7, 11) is 0. The summed E-state index contributed by atoms with van der Waals surface area (Å²) in [4.78, 5) is 17.5. The third-order valence-corrected chi connectivity index (χ3v) is 5.98. The molecule has 7 nitrogen and oxygen atoms in total. The first kappa shape index (κ1) is 25.3. The van der Waals surface area contributed by atoms with Crippen LogP contribution in [0.3, 0.4) is 0 Å². The summed E-state index contributed by atoms with van der Waals surface area (Å²) in [6.07, 6.45) is -5.14. The van der Waals surface area contributed by atoms with Crippen LogP contribution in [0, 0.1) is 0 Å². The van der Waals surface area contributed by atoms with E-state index in [4.69, 9.17) is 34.8 Å². The SMILES string of the molecule is CCc1nc(Cn2nc(-c3ccc(Cl)cc3)n(CCC(F)(F)F)c2=O)nn1-c1c(Cl)cccc1Cl. The third kappa shape index (κ3) is 5.55. The summed E-state index contributed by atoms with van der Waals surface area (Å²) in [5, 5.41) is 9.91. The highest BCUT2D eigenvalue weighted by Crippen LogP contribution is 2.29. The van der Waals surface area contributed by atoms with E-state index in [1.54, 1.807) is 42.5 Å². The fourth-order valence-corrected chi connectivity index (χ4v) is 4.17. The van der Waals surface area contributed by atoms with E-state index >= 15 is 0 Å². The van der Waals surface area contributed by atoms with Gasteiger partial charge in [0.1, 0.15) is 18.1 Å². The van der Waals surface area contributed by atoms with Crippen molar-refractivity contribution >= 4 is 34.8 Å². The zero-order valence-corrected chi connectivity index (χ0v) is 20.5. The Kier molecular flexibility index (Phi) is 7.25.